The number of nitrogens with two attached hydrogens (primary N) is 1. The van der Waals surface area contributed by atoms with Crippen molar-refractivity contribution in [1.29, 1.82) is 0 Å². The van der Waals surface area contributed by atoms with Crippen molar-refractivity contribution in [2.45, 2.75) is 18.8 Å². The van der Waals surface area contributed by atoms with Crippen LogP contribution in [0.25, 0.3) is 21.7 Å². The molecule has 3 aromatic rings. The molecule has 4 rings (SSSR count). The van der Waals surface area contributed by atoms with Crippen molar-refractivity contribution in [2.24, 2.45) is 0 Å². The molecule has 1 aliphatic heterocycles. The van der Waals surface area contributed by atoms with E-state index in [0.717, 1.165) is 16.2 Å². The molecule has 6 nitrogen and oxygen atoms in total. The van der Waals surface area contributed by atoms with E-state index >= 15 is 0 Å². The smallest absolute Gasteiger partial charge is 0.235 e. The summed E-state index contributed by atoms with van der Waals surface area (Å²) in [7, 11) is 0. The van der Waals surface area contributed by atoms with Gasteiger partial charge in [-0.25, -0.2) is 0 Å². The zero-order valence-corrected chi connectivity index (χ0v) is 11.6. The maximum absolute atomic E-state index is 12.0. The lowest BCUT2D eigenvalue weighted by molar-refractivity contribution is -0.134. The number of nitrogen functional groups attached to an aromatic ring is 1. The summed E-state index contributed by atoms with van der Waals surface area (Å²) in [6, 6.07) is 9.41. The highest BCUT2D eigenvalue weighted by molar-refractivity contribution is 6.05. The normalized spacial score (nSPS) is 18.8. The van der Waals surface area contributed by atoms with E-state index in [-0.39, 0.29) is 11.8 Å². The Morgan fingerprint density at radius 3 is 2.91 bits per heavy atom. The first kappa shape index (κ1) is 12.8. The predicted molar refractivity (Wildman–Crippen MR) is 81.1 cm³/mol. The third kappa shape index (κ3) is 1.84. The Hall–Kier alpha value is -2.89. The minimum absolute atomic E-state index is 0.247. The molecule has 22 heavy (non-hydrogen) atoms. The van der Waals surface area contributed by atoms with Crippen molar-refractivity contribution >= 4 is 39.2 Å². The van der Waals surface area contributed by atoms with Crippen LogP contribution in [0.15, 0.2) is 34.9 Å². The van der Waals surface area contributed by atoms with Crippen molar-refractivity contribution in [2.75, 3.05) is 5.73 Å². The average molecular weight is 295 g/mol. The van der Waals surface area contributed by atoms with Crippen LogP contribution in [-0.2, 0) is 9.59 Å². The van der Waals surface area contributed by atoms with Crippen LogP contribution in [0.3, 0.4) is 0 Å². The van der Waals surface area contributed by atoms with Crippen LogP contribution in [0.1, 0.15) is 24.5 Å². The van der Waals surface area contributed by atoms with Gasteiger partial charge in [0, 0.05) is 22.9 Å². The number of hydrogen-bond donors (Lipinski definition) is 2. The summed E-state index contributed by atoms with van der Waals surface area (Å²) in [6.45, 7) is 0. The molecule has 6 heteroatoms. The summed E-state index contributed by atoms with van der Waals surface area (Å²) in [6.07, 6.45) is 0.745. The van der Waals surface area contributed by atoms with Crippen molar-refractivity contribution in [3.05, 3.63) is 36.0 Å². The fourth-order valence-corrected chi connectivity index (χ4v) is 2.96. The van der Waals surface area contributed by atoms with Crippen molar-refractivity contribution < 1.29 is 14.1 Å². The molecule has 0 spiro atoms. The van der Waals surface area contributed by atoms with Crippen LogP contribution in [0.4, 0.5) is 5.69 Å². The Labute approximate surface area is 125 Å². The molecule has 3 N–H and O–H groups in total. The number of piperidine rings is 1. The number of fused-ring (bicyclic) bond motifs is 2. The Balaban J connectivity index is 1.90. The molecule has 1 saturated heterocycles. The van der Waals surface area contributed by atoms with Gasteiger partial charge in [-0.1, -0.05) is 17.3 Å². The number of rotatable bonds is 1. The molecule has 2 heterocycles. The van der Waals surface area contributed by atoms with Gasteiger partial charge in [0.15, 0.2) is 5.58 Å². The van der Waals surface area contributed by atoms with E-state index in [1.165, 1.54) is 0 Å². The highest BCUT2D eigenvalue weighted by Gasteiger charge is 2.31. The van der Waals surface area contributed by atoms with E-state index < -0.39 is 5.92 Å². The summed E-state index contributed by atoms with van der Waals surface area (Å²) >= 11 is 0. The maximum atomic E-state index is 12.0. The van der Waals surface area contributed by atoms with Gasteiger partial charge in [0.05, 0.1) is 5.92 Å². The first-order chi connectivity index (χ1) is 10.6. The molecule has 0 saturated carbocycles. The molecule has 1 aliphatic rings. The zero-order chi connectivity index (χ0) is 15.3. The molecule has 1 aromatic heterocycles. The van der Waals surface area contributed by atoms with Gasteiger partial charge in [0.2, 0.25) is 11.8 Å². The number of anilines is 1. The molecule has 0 radical (unpaired) electrons. The van der Waals surface area contributed by atoms with Crippen molar-refractivity contribution in [1.82, 2.24) is 10.5 Å². The minimum atomic E-state index is -0.471. The van der Waals surface area contributed by atoms with E-state index in [0.29, 0.717) is 29.8 Å². The van der Waals surface area contributed by atoms with Crippen molar-refractivity contribution in [3.8, 4) is 0 Å². The number of nitrogens with zero attached hydrogens (tertiary/aromatic N) is 1. The standard InChI is InChI=1S/C16H13N3O3/c17-12-3-1-2-8-6-13-11(7-10(8)12)15(19-22-13)9-4-5-14(20)18-16(9)21/h1-3,6-7,9H,4-5,17H2,(H,18,20,21)/t9-/m1/s1. The number of nitrogens with one attached hydrogen (secondary N) is 1. The number of carbonyl (C=O) groups excluding carboxylic acids is 2. The quantitative estimate of drug-likeness (QED) is 0.529. The van der Waals surface area contributed by atoms with Gasteiger partial charge in [0.1, 0.15) is 5.69 Å². The summed E-state index contributed by atoms with van der Waals surface area (Å²) < 4.78 is 5.37. The summed E-state index contributed by atoms with van der Waals surface area (Å²) in [5, 5.41) is 9.02. The van der Waals surface area contributed by atoms with E-state index in [1.807, 2.05) is 30.3 Å². The zero-order valence-electron chi connectivity index (χ0n) is 11.6. The lowest BCUT2D eigenvalue weighted by atomic mass is 9.92. The molecule has 110 valence electrons. The van der Waals surface area contributed by atoms with Crippen LogP contribution in [0, 0.1) is 0 Å². The van der Waals surface area contributed by atoms with Gasteiger partial charge in [-0.05, 0) is 30.0 Å². The maximum Gasteiger partial charge on any atom is 0.235 e. The van der Waals surface area contributed by atoms with E-state index in [1.54, 1.807) is 0 Å². The fourth-order valence-electron chi connectivity index (χ4n) is 2.96. The second-order valence-electron chi connectivity index (χ2n) is 5.49. The van der Waals surface area contributed by atoms with Crippen molar-refractivity contribution in [3.63, 3.8) is 0 Å². The lowest BCUT2D eigenvalue weighted by Gasteiger charge is -2.18. The number of carbonyl (C=O) groups is 2. The molecule has 1 fully saturated rings. The monoisotopic (exact) mass is 295 g/mol. The Kier molecular flexibility index (Phi) is 2.66. The fraction of sp³-hybridized carbons (Fsp3) is 0.188. The highest BCUT2D eigenvalue weighted by atomic mass is 16.5. The van der Waals surface area contributed by atoms with E-state index in [9.17, 15) is 9.59 Å². The molecular formula is C16H13N3O3. The Bertz CT molecular complexity index is 929. The molecule has 2 aromatic carbocycles. The highest BCUT2D eigenvalue weighted by Crippen LogP contribution is 2.34. The third-order valence-electron chi connectivity index (χ3n) is 4.10. The van der Waals surface area contributed by atoms with Crippen LogP contribution >= 0.6 is 0 Å². The van der Waals surface area contributed by atoms with Crippen LogP contribution < -0.4 is 11.1 Å². The molecule has 0 unspecified atom stereocenters. The lowest BCUT2D eigenvalue weighted by Crippen LogP contribution is -2.39. The van der Waals surface area contributed by atoms with Crippen LogP contribution in [-0.4, -0.2) is 17.0 Å². The SMILES string of the molecule is Nc1cccc2cc3onc([C@H]4CCC(=O)NC4=O)c3cc12. The molecule has 1 atom stereocenters. The second-order valence-corrected chi connectivity index (χ2v) is 5.49. The summed E-state index contributed by atoms with van der Waals surface area (Å²) in [5.74, 6) is -1.04. The van der Waals surface area contributed by atoms with E-state index in [4.69, 9.17) is 10.3 Å². The van der Waals surface area contributed by atoms with Crippen LogP contribution in [0.5, 0.6) is 0 Å². The second kappa shape index (κ2) is 4.56. The Morgan fingerprint density at radius 2 is 2.09 bits per heavy atom. The van der Waals surface area contributed by atoms with Gasteiger partial charge in [-0.15, -0.1) is 0 Å². The molecule has 0 aliphatic carbocycles. The molecular weight excluding hydrogens is 282 g/mol. The molecule has 2 amide bonds. The number of benzene rings is 2. The largest absolute Gasteiger partial charge is 0.398 e. The number of amides is 2. The van der Waals surface area contributed by atoms with Gasteiger partial charge in [0.25, 0.3) is 0 Å². The number of aromatic nitrogens is 1. The molecule has 0 bridgehead atoms. The third-order valence-corrected chi connectivity index (χ3v) is 4.10. The summed E-state index contributed by atoms with van der Waals surface area (Å²) in [4.78, 5) is 23.3. The first-order valence-electron chi connectivity index (χ1n) is 7.05. The number of imide groups is 1. The van der Waals surface area contributed by atoms with Gasteiger partial charge in [-0.3, -0.25) is 14.9 Å². The van der Waals surface area contributed by atoms with E-state index in [2.05, 4.69) is 10.5 Å². The van der Waals surface area contributed by atoms with Gasteiger partial charge in [-0.2, -0.15) is 0 Å². The average Bonchev–Trinajstić information content (AvgIpc) is 2.89. The first-order valence-corrected chi connectivity index (χ1v) is 7.05. The number of hydrogen-bond acceptors (Lipinski definition) is 5. The predicted octanol–water partition coefficient (Wildman–Crippen LogP) is 2.08. The topological polar surface area (TPSA) is 98.2 Å². The van der Waals surface area contributed by atoms with Crippen LogP contribution in [0.2, 0.25) is 0 Å². The minimum Gasteiger partial charge on any atom is -0.398 e. The van der Waals surface area contributed by atoms with Gasteiger partial charge < -0.3 is 10.3 Å². The summed E-state index contributed by atoms with van der Waals surface area (Å²) in [5.41, 5.74) is 7.85. The Morgan fingerprint density at radius 1 is 1.23 bits per heavy atom. The van der Waals surface area contributed by atoms with Gasteiger partial charge >= 0.3 is 0 Å².